The molecule has 0 radical (unpaired) electrons. The smallest absolute Gasteiger partial charge is 0.245 e. The first kappa shape index (κ1) is 21.6. The van der Waals surface area contributed by atoms with Crippen LogP contribution in [0.25, 0.3) is 22.5 Å². The number of aromatic nitrogens is 4. The van der Waals surface area contributed by atoms with Gasteiger partial charge in [-0.2, -0.15) is 10.2 Å². The van der Waals surface area contributed by atoms with Gasteiger partial charge >= 0.3 is 0 Å². The van der Waals surface area contributed by atoms with Crippen LogP contribution in [0.5, 0.6) is 0 Å². The molecular weight excluding hydrogens is 398 g/mol. The van der Waals surface area contributed by atoms with Gasteiger partial charge in [0.25, 0.3) is 0 Å². The second-order valence-corrected chi connectivity index (χ2v) is 8.44. The van der Waals surface area contributed by atoms with Gasteiger partial charge in [-0.05, 0) is 33.8 Å². The molecule has 0 aliphatic heterocycles. The van der Waals surface area contributed by atoms with E-state index in [0.717, 1.165) is 33.8 Å². The summed E-state index contributed by atoms with van der Waals surface area (Å²) in [5.74, 6) is -0.0236. The fourth-order valence-corrected chi connectivity index (χ4v) is 3.82. The Kier molecular flexibility index (Phi) is 5.95. The van der Waals surface area contributed by atoms with Gasteiger partial charge in [-0.1, -0.05) is 59.7 Å². The van der Waals surface area contributed by atoms with E-state index in [9.17, 15) is 4.79 Å². The summed E-state index contributed by atoms with van der Waals surface area (Å²) in [5, 5.41) is 9.27. The number of hydrogen-bond donors (Lipinski definition) is 0. The summed E-state index contributed by atoms with van der Waals surface area (Å²) in [4.78, 5) is 14.8. The van der Waals surface area contributed by atoms with Crippen LogP contribution in [0.3, 0.4) is 0 Å². The standard InChI is InChI=1S/C26H29N5O/c1-18-6-10-22(11-7-18)25-21(4)26(23-12-8-19(2)9-13-23)31(28-25)16-24(32)29(5)17-30-15-14-20(3)27-30/h6-15H,16-17H2,1-5H3. The van der Waals surface area contributed by atoms with Crippen molar-refractivity contribution < 1.29 is 4.79 Å². The summed E-state index contributed by atoms with van der Waals surface area (Å²) in [6.07, 6.45) is 1.88. The first-order valence-corrected chi connectivity index (χ1v) is 10.8. The van der Waals surface area contributed by atoms with Crippen LogP contribution in [-0.2, 0) is 18.0 Å². The lowest BCUT2D eigenvalue weighted by Crippen LogP contribution is -2.32. The Balaban J connectivity index is 1.69. The number of benzene rings is 2. The molecule has 0 saturated heterocycles. The zero-order valence-electron chi connectivity index (χ0n) is 19.3. The molecular formula is C26H29N5O. The van der Waals surface area contributed by atoms with Gasteiger partial charge in [0.15, 0.2) is 0 Å². The summed E-state index contributed by atoms with van der Waals surface area (Å²) in [6.45, 7) is 8.72. The van der Waals surface area contributed by atoms with E-state index < -0.39 is 0 Å². The Morgan fingerprint density at radius 1 is 0.844 bits per heavy atom. The maximum atomic E-state index is 13.1. The largest absolute Gasteiger partial charge is 0.325 e. The van der Waals surface area contributed by atoms with Crippen molar-refractivity contribution in [2.75, 3.05) is 7.05 Å². The van der Waals surface area contributed by atoms with Crippen LogP contribution < -0.4 is 0 Å². The van der Waals surface area contributed by atoms with Crippen molar-refractivity contribution in [3.63, 3.8) is 0 Å². The van der Waals surface area contributed by atoms with E-state index in [1.807, 2.05) is 23.9 Å². The van der Waals surface area contributed by atoms with Crippen molar-refractivity contribution >= 4 is 5.91 Å². The Morgan fingerprint density at radius 2 is 1.44 bits per heavy atom. The zero-order valence-corrected chi connectivity index (χ0v) is 19.3. The molecule has 0 bridgehead atoms. The normalized spacial score (nSPS) is 11.0. The summed E-state index contributed by atoms with van der Waals surface area (Å²) >= 11 is 0. The number of amides is 1. The molecule has 0 aliphatic carbocycles. The van der Waals surface area contributed by atoms with Gasteiger partial charge < -0.3 is 4.90 Å². The highest BCUT2D eigenvalue weighted by atomic mass is 16.2. The maximum absolute atomic E-state index is 13.1. The highest BCUT2D eigenvalue weighted by Gasteiger charge is 2.20. The third kappa shape index (κ3) is 4.49. The summed E-state index contributed by atoms with van der Waals surface area (Å²) < 4.78 is 3.60. The van der Waals surface area contributed by atoms with E-state index in [2.05, 4.69) is 74.4 Å². The van der Waals surface area contributed by atoms with Gasteiger partial charge in [0.05, 0.1) is 17.1 Å². The molecule has 0 spiro atoms. The van der Waals surface area contributed by atoms with Crippen molar-refractivity contribution in [3.05, 3.63) is 83.2 Å². The van der Waals surface area contributed by atoms with E-state index in [-0.39, 0.29) is 12.5 Å². The summed E-state index contributed by atoms with van der Waals surface area (Å²) in [6, 6.07) is 18.6. The minimum Gasteiger partial charge on any atom is -0.325 e. The van der Waals surface area contributed by atoms with Crippen molar-refractivity contribution in [1.29, 1.82) is 0 Å². The van der Waals surface area contributed by atoms with E-state index >= 15 is 0 Å². The average molecular weight is 428 g/mol. The highest BCUT2D eigenvalue weighted by Crippen LogP contribution is 2.32. The van der Waals surface area contributed by atoms with E-state index in [1.165, 1.54) is 11.1 Å². The van der Waals surface area contributed by atoms with Gasteiger partial charge in [-0.15, -0.1) is 0 Å². The lowest BCUT2D eigenvalue weighted by atomic mass is 10.0. The molecule has 0 N–H and O–H groups in total. The molecule has 0 unspecified atom stereocenters. The molecule has 32 heavy (non-hydrogen) atoms. The molecule has 2 heterocycles. The molecule has 0 aliphatic rings. The van der Waals surface area contributed by atoms with Crippen LogP contribution in [0.4, 0.5) is 0 Å². The number of nitrogens with zero attached hydrogens (tertiary/aromatic N) is 5. The zero-order chi connectivity index (χ0) is 22.8. The minimum absolute atomic E-state index is 0.0236. The van der Waals surface area contributed by atoms with Crippen molar-refractivity contribution in [1.82, 2.24) is 24.5 Å². The molecule has 1 amide bonds. The van der Waals surface area contributed by atoms with E-state index in [1.54, 1.807) is 16.6 Å². The number of carbonyl (C=O) groups is 1. The van der Waals surface area contributed by atoms with Crippen LogP contribution in [0, 0.1) is 27.7 Å². The molecule has 4 aromatic rings. The predicted octanol–water partition coefficient (Wildman–Crippen LogP) is 4.76. The molecule has 6 nitrogen and oxygen atoms in total. The highest BCUT2D eigenvalue weighted by molar-refractivity contribution is 5.79. The fraction of sp³-hybridized carbons (Fsp3) is 0.269. The van der Waals surface area contributed by atoms with Gasteiger partial charge in [-0.3, -0.25) is 14.2 Å². The Labute approximate surface area is 189 Å². The van der Waals surface area contributed by atoms with E-state index in [0.29, 0.717) is 6.67 Å². The van der Waals surface area contributed by atoms with Crippen molar-refractivity contribution in [2.45, 2.75) is 40.9 Å². The topological polar surface area (TPSA) is 56.0 Å². The molecule has 0 fully saturated rings. The predicted molar refractivity (Wildman–Crippen MR) is 127 cm³/mol. The van der Waals surface area contributed by atoms with E-state index in [4.69, 9.17) is 5.10 Å². The van der Waals surface area contributed by atoms with Gasteiger partial charge in [0, 0.05) is 29.9 Å². The molecule has 6 heteroatoms. The number of likely N-dealkylation sites (N-methyl/N-ethyl adjacent to an activating group) is 1. The third-order valence-corrected chi connectivity index (χ3v) is 5.68. The van der Waals surface area contributed by atoms with Crippen LogP contribution in [0.1, 0.15) is 22.4 Å². The maximum Gasteiger partial charge on any atom is 0.245 e. The second kappa shape index (κ2) is 8.83. The molecule has 4 rings (SSSR count). The lowest BCUT2D eigenvalue weighted by Gasteiger charge is -2.18. The van der Waals surface area contributed by atoms with Gasteiger partial charge in [0.2, 0.25) is 5.91 Å². The Morgan fingerprint density at radius 3 is 2.00 bits per heavy atom. The van der Waals surface area contributed by atoms with Gasteiger partial charge in [0.1, 0.15) is 13.2 Å². The SMILES string of the molecule is Cc1ccc(-c2nn(CC(=O)N(C)Cn3ccc(C)n3)c(-c3ccc(C)cc3)c2C)cc1. The van der Waals surface area contributed by atoms with Crippen molar-refractivity contribution in [2.24, 2.45) is 0 Å². The number of aryl methyl sites for hydroxylation is 3. The average Bonchev–Trinajstić information content (AvgIpc) is 3.32. The third-order valence-electron chi connectivity index (χ3n) is 5.68. The Hall–Kier alpha value is -3.67. The Bertz CT molecular complexity index is 1230. The van der Waals surface area contributed by atoms with Gasteiger partial charge in [-0.25, -0.2) is 0 Å². The lowest BCUT2D eigenvalue weighted by molar-refractivity contribution is -0.132. The van der Waals surface area contributed by atoms with Crippen LogP contribution in [-0.4, -0.2) is 37.4 Å². The number of carbonyl (C=O) groups excluding carboxylic acids is 1. The second-order valence-electron chi connectivity index (χ2n) is 8.44. The van der Waals surface area contributed by atoms with Crippen molar-refractivity contribution in [3.8, 4) is 22.5 Å². The number of hydrogen-bond acceptors (Lipinski definition) is 3. The monoisotopic (exact) mass is 427 g/mol. The first-order chi connectivity index (χ1) is 15.3. The molecule has 0 saturated carbocycles. The minimum atomic E-state index is -0.0236. The molecule has 164 valence electrons. The van der Waals surface area contributed by atoms with Crippen LogP contribution >= 0.6 is 0 Å². The summed E-state index contributed by atoms with van der Waals surface area (Å²) in [7, 11) is 1.79. The molecule has 2 aromatic carbocycles. The van der Waals surface area contributed by atoms with Crippen LogP contribution in [0.15, 0.2) is 60.8 Å². The number of rotatable bonds is 6. The molecule has 0 atom stereocenters. The summed E-state index contributed by atoms with van der Waals surface area (Å²) in [5.41, 5.74) is 8.37. The molecule has 2 aromatic heterocycles. The fourth-order valence-electron chi connectivity index (χ4n) is 3.82. The first-order valence-electron chi connectivity index (χ1n) is 10.8. The van der Waals surface area contributed by atoms with Crippen LogP contribution in [0.2, 0.25) is 0 Å². The quantitative estimate of drug-likeness (QED) is 0.446.